The van der Waals surface area contributed by atoms with Crippen molar-refractivity contribution >= 4 is 64.6 Å². The van der Waals surface area contributed by atoms with Crippen LogP contribution in [0.4, 0.5) is 4.79 Å². The Hall–Kier alpha value is -3.87. The summed E-state index contributed by atoms with van der Waals surface area (Å²) in [6.07, 6.45) is 0.152. The Balaban J connectivity index is 1.43. The predicted octanol–water partition coefficient (Wildman–Crippen LogP) is 6.40. The third-order valence-electron chi connectivity index (χ3n) is 6.52. The van der Waals surface area contributed by atoms with Crippen molar-refractivity contribution in [3.63, 3.8) is 0 Å². The Morgan fingerprint density at radius 3 is 2.50 bits per heavy atom. The molecule has 0 aromatic heterocycles. The molecule has 0 radical (unpaired) electrons. The van der Waals surface area contributed by atoms with Crippen molar-refractivity contribution in [2.75, 3.05) is 20.3 Å². The van der Waals surface area contributed by atoms with Gasteiger partial charge in [-0.25, -0.2) is 9.59 Å². The van der Waals surface area contributed by atoms with Gasteiger partial charge in [0.2, 0.25) is 0 Å². The van der Waals surface area contributed by atoms with E-state index in [2.05, 4.69) is 21.2 Å². The monoisotopic (exact) mass is 710 g/mol. The number of rotatable bonds is 13. The van der Waals surface area contributed by atoms with E-state index >= 15 is 0 Å². The molecule has 0 spiro atoms. The molecule has 11 nitrogen and oxygen atoms in total. The number of amides is 2. The van der Waals surface area contributed by atoms with Crippen LogP contribution in [0.1, 0.15) is 36.6 Å². The Labute approximate surface area is 285 Å². The van der Waals surface area contributed by atoms with E-state index in [0.29, 0.717) is 61.3 Å². The van der Waals surface area contributed by atoms with E-state index in [-0.39, 0.29) is 23.8 Å². The number of carbonyl (C=O) groups excluding carboxylic acids is 2. The molecule has 3 aromatic carbocycles. The average molecular weight is 712 g/mol. The highest BCUT2D eigenvalue weighted by atomic mass is 35.5. The van der Waals surface area contributed by atoms with Gasteiger partial charge in [0.15, 0.2) is 17.7 Å². The highest BCUT2D eigenvalue weighted by molar-refractivity contribution is 6.36. The number of nitrogens with zero attached hydrogens (tertiary/aromatic N) is 1. The zero-order valence-corrected chi connectivity index (χ0v) is 27.9. The molecular weight excluding hydrogens is 682 g/mol. The number of hydrazone groups is 1. The Kier molecular flexibility index (Phi) is 12.3. The minimum atomic E-state index is -1.24. The zero-order chi connectivity index (χ0) is 33.4. The first-order valence-corrected chi connectivity index (χ1v) is 15.3. The normalized spacial score (nSPS) is 15.2. The molecule has 15 heteroatoms. The summed E-state index contributed by atoms with van der Waals surface area (Å²) in [5.41, 5.74) is 4.90. The lowest BCUT2D eigenvalue weighted by molar-refractivity contribution is -0.136. The van der Waals surface area contributed by atoms with E-state index in [1.165, 1.54) is 19.4 Å². The molecular formula is C31H30Cl4N4O7. The molecule has 0 saturated heterocycles. The third-order valence-corrected chi connectivity index (χ3v) is 7.61. The summed E-state index contributed by atoms with van der Waals surface area (Å²) in [4.78, 5) is 24.6. The van der Waals surface area contributed by atoms with Crippen LogP contribution in [0, 0.1) is 0 Å². The van der Waals surface area contributed by atoms with Gasteiger partial charge in [0.25, 0.3) is 0 Å². The highest BCUT2D eigenvalue weighted by Crippen LogP contribution is 2.35. The molecule has 244 valence electrons. The number of esters is 1. The second-order valence-corrected chi connectivity index (χ2v) is 11.4. The van der Waals surface area contributed by atoms with Gasteiger partial charge in [-0.1, -0.05) is 58.5 Å². The molecule has 0 fully saturated rings. The maximum absolute atomic E-state index is 12.5. The van der Waals surface area contributed by atoms with Gasteiger partial charge in [-0.05, 0) is 55.8 Å². The first-order valence-electron chi connectivity index (χ1n) is 13.8. The van der Waals surface area contributed by atoms with Gasteiger partial charge in [-0.15, -0.1) is 0 Å². The number of halogens is 4. The zero-order valence-electron chi connectivity index (χ0n) is 24.8. The molecule has 46 heavy (non-hydrogen) atoms. The maximum atomic E-state index is 12.5. The maximum Gasteiger partial charge on any atom is 0.337 e. The third kappa shape index (κ3) is 8.89. The van der Waals surface area contributed by atoms with Crippen LogP contribution < -0.4 is 30.3 Å². The fourth-order valence-corrected chi connectivity index (χ4v) is 5.46. The fourth-order valence-electron chi connectivity index (χ4n) is 4.43. The molecule has 3 aromatic rings. The van der Waals surface area contributed by atoms with Crippen molar-refractivity contribution in [2.24, 2.45) is 5.10 Å². The van der Waals surface area contributed by atoms with Gasteiger partial charge in [0, 0.05) is 31.9 Å². The van der Waals surface area contributed by atoms with E-state index < -0.39 is 24.3 Å². The predicted molar refractivity (Wildman–Crippen MR) is 176 cm³/mol. The van der Waals surface area contributed by atoms with E-state index in [4.69, 9.17) is 65.4 Å². The van der Waals surface area contributed by atoms with Crippen LogP contribution >= 0.6 is 46.4 Å². The second kappa shape index (κ2) is 16.1. The number of aliphatic hydroxyl groups excluding tert-OH is 1. The molecule has 0 saturated carbocycles. The summed E-state index contributed by atoms with van der Waals surface area (Å²) in [6.45, 7) is 3.60. The lowest BCUT2D eigenvalue weighted by atomic mass is 9.95. The number of nitrogens with one attached hydrogen (secondary N) is 3. The topological polar surface area (TPSA) is 140 Å². The van der Waals surface area contributed by atoms with Crippen LogP contribution in [-0.4, -0.2) is 49.9 Å². The van der Waals surface area contributed by atoms with E-state index in [9.17, 15) is 14.7 Å². The van der Waals surface area contributed by atoms with E-state index in [1.54, 1.807) is 56.3 Å². The number of ether oxygens (including phenoxy) is 4. The molecule has 2 amide bonds. The van der Waals surface area contributed by atoms with Crippen LogP contribution in [0.25, 0.3) is 0 Å². The van der Waals surface area contributed by atoms with Crippen molar-refractivity contribution in [1.82, 2.24) is 16.1 Å². The Morgan fingerprint density at radius 1 is 1.02 bits per heavy atom. The van der Waals surface area contributed by atoms with Crippen molar-refractivity contribution in [2.45, 2.75) is 32.7 Å². The summed E-state index contributed by atoms with van der Waals surface area (Å²) < 4.78 is 22.4. The van der Waals surface area contributed by atoms with Crippen LogP contribution in [0.15, 0.2) is 64.9 Å². The Bertz CT molecular complexity index is 1670. The number of carbonyl (C=O) groups is 2. The van der Waals surface area contributed by atoms with Gasteiger partial charge in [-0.3, -0.25) is 5.43 Å². The van der Waals surface area contributed by atoms with E-state index in [0.717, 1.165) is 0 Å². The molecule has 1 aliphatic rings. The van der Waals surface area contributed by atoms with Crippen molar-refractivity contribution in [1.29, 1.82) is 0 Å². The minimum Gasteiger partial charge on any atom is -0.490 e. The SMILES string of the molecule is CCOc1cc([C@H]2NC(=O)NC(C)=C2C(=O)OC)ccc1OC[C@H](O)N/N=C/c1cc(Cl)cc(Cl)c1OCc1ccc(Cl)cc1Cl. The second-order valence-electron chi connectivity index (χ2n) is 9.75. The fraction of sp³-hybridized carbons (Fsp3) is 0.258. The molecule has 2 atom stereocenters. The largest absolute Gasteiger partial charge is 0.490 e. The van der Waals surface area contributed by atoms with Crippen molar-refractivity contribution in [3.05, 3.63) is 96.6 Å². The molecule has 4 rings (SSSR count). The first kappa shape index (κ1) is 35.0. The summed E-state index contributed by atoms with van der Waals surface area (Å²) in [7, 11) is 1.26. The highest BCUT2D eigenvalue weighted by Gasteiger charge is 2.32. The molecule has 1 aliphatic heterocycles. The van der Waals surface area contributed by atoms with Crippen LogP contribution in [-0.2, 0) is 16.1 Å². The molecule has 0 unspecified atom stereocenters. The average Bonchev–Trinajstić information content (AvgIpc) is 3.00. The number of hydrogen-bond donors (Lipinski definition) is 4. The summed E-state index contributed by atoms with van der Waals surface area (Å²) in [6, 6.07) is 11.9. The standard InChI is InChI=1S/C31H30Cl4N4O7/c1-4-44-25-10-17(28-27(30(41)43-3)16(2)37-31(42)38-28)6-8-24(25)45-15-26(40)39-36-13-19-9-21(33)12-23(35)29(19)46-14-18-5-7-20(32)11-22(18)34/h5-13,26,28,39-40H,4,14-15H2,1-3H3,(H2,37,38,42)/b36-13+/t26-,28+/m0/s1. The lowest BCUT2D eigenvalue weighted by Gasteiger charge is -2.28. The van der Waals surface area contributed by atoms with Gasteiger partial charge in [0.05, 0.1) is 36.6 Å². The van der Waals surface area contributed by atoms with Gasteiger partial charge in [0.1, 0.15) is 19.0 Å². The quantitative estimate of drug-likeness (QED) is 0.0692. The van der Waals surface area contributed by atoms with Crippen LogP contribution in [0.3, 0.4) is 0 Å². The molecule has 4 N–H and O–H groups in total. The lowest BCUT2D eigenvalue weighted by Crippen LogP contribution is -2.45. The molecule has 0 bridgehead atoms. The van der Waals surface area contributed by atoms with Crippen molar-refractivity contribution in [3.8, 4) is 17.2 Å². The number of urea groups is 1. The number of allylic oxidation sites excluding steroid dienone is 1. The van der Waals surface area contributed by atoms with E-state index in [1.807, 2.05) is 0 Å². The van der Waals surface area contributed by atoms with Crippen LogP contribution in [0.5, 0.6) is 17.2 Å². The molecule has 0 aliphatic carbocycles. The van der Waals surface area contributed by atoms with Gasteiger partial charge < -0.3 is 34.7 Å². The number of methoxy groups -OCH3 is 1. The summed E-state index contributed by atoms with van der Waals surface area (Å²) in [5.74, 6) is 0.364. The smallest absolute Gasteiger partial charge is 0.337 e. The van der Waals surface area contributed by atoms with Crippen LogP contribution in [0.2, 0.25) is 20.1 Å². The number of hydrogen-bond acceptors (Lipinski definition) is 9. The summed E-state index contributed by atoms with van der Waals surface area (Å²) >= 11 is 24.8. The molecule has 1 heterocycles. The number of benzene rings is 3. The Morgan fingerprint density at radius 2 is 1.78 bits per heavy atom. The van der Waals surface area contributed by atoms with Gasteiger partial charge >= 0.3 is 12.0 Å². The summed E-state index contributed by atoms with van der Waals surface area (Å²) in [5, 5.41) is 21.5. The van der Waals surface area contributed by atoms with Crippen molar-refractivity contribution < 1.29 is 33.6 Å². The first-order chi connectivity index (χ1) is 22.0. The number of aliphatic hydroxyl groups is 1. The van der Waals surface area contributed by atoms with Gasteiger partial charge in [-0.2, -0.15) is 5.10 Å². The minimum absolute atomic E-state index is 0.104.